The average molecular weight is 435 g/mol. The van der Waals surface area contributed by atoms with Crippen LogP contribution in [0, 0.1) is 0 Å². The number of hydrogen-bond donors (Lipinski definition) is 5. The smallest absolute Gasteiger partial charge is 0.404 e. The summed E-state index contributed by atoms with van der Waals surface area (Å²) in [6.07, 6.45) is 4.21. The number of pyridine rings is 3. The second-order valence-electron chi connectivity index (χ2n) is 7.29. The Labute approximate surface area is 181 Å². The third-order valence-electron chi connectivity index (χ3n) is 5.13. The highest BCUT2D eigenvalue weighted by atomic mass is 16.5. The van der Waals surface area contributed by atoms with Gasteiger partial charge >= 0.3 is 6.09 Å². The van der Waals surface area contributed by atoms with Crippen molar-refractivity contribution >= 4 is 33.6 Å². The highest BCUT2D eigenvalue weighted by Crippen LogP contribution is 2.32. The summed E-state index contributed by atoms with van der Waals surface area (Å²) >= 11 is 0. The van der Waals surface area contributed by atoms with E-state index < -0.39 is 11.5 Å². The first-order chi connectivity index (χ1) is 15.4. The lowest BCUT2D eigenvalue weighted by Gasteiger charge is -2.16. The second kappa shape index (κ2) is 8.42. The number of carboxylic acid groups (broad SMARTS) is 1. The van der Waals surface area contributed by atoms with Gasteiger partial charge in [-0.1, -0.05) is 6.92 Å². The fourth-order valence-corrected chi connectivity index (χ4v) is 3.43. The quantitative estimate of drug-likeness (QED) is 0.289. The molecule has 0 saturated heterocycles. The average Bonchev–Trinajstić information content (AvgIpc) is 2.77. The molecule has 0 saturated carbocycles. The van der Waals surface area contributed by atoms with Gasteiger partial charge in [0.25, 0.3) is 0 Å². The fourth-order valence-electron chi connectivity index (χ4n) is 3.43. The molecule has 1 atom stereocenters. The number of phenols is 1. The van der Waals surface area contributed by atoms with Gasteiger partial charge in [-0.2, -0.15) is 0 Å². The molecule has 0 aliphatic heterocycles. The summed E-state index contributed by atoms with van der Waals surface area (Å²) in [6, 6.07) is 5.91. The Morgan fingerprint density at radius 1 is 1.19 bits per heavy atom. The Hall–Kier alpha value is -4.34. The van der Waals surface area contributed by atoms with E-state index in [9.17, 15) is 14.7 Å². The number of amides is 1. The first-order valence-electron chi connectivity index (χ1n) is 9.87. The number of aromatic amines is 1. The van der Waals surface area contributed by atoms with E-state index in [-0.39, 0.29) is 18.4 Å². The Kier molecular flexibility index (Phi) is 5.50. The number of nitrogen functional groups attached to an aromatic ring is 1. The van der Waals surface area contributed by atoms with E-state index in [0.29, 0.717) is 50.9 Å². The lowest BCUT2D eigenvalue weighted by Crippen LogP contribution is -2.37. The molecule has 4 aromatic rings. The number of rotatable bonds is 6. The monoisotopic (exact) mass is 435 g/mol. The van der Waals surface area contributed by atoms with E-state index in [4.69, 9.17) is 15.6 Å². The van der Waals surface area contributed by atoms with Crippen molar-refractivity contribution in [1.29, 1.82) is 0 Å². The van der Waals surface area contributed by atoms with E-state index in [1.54, 1.807) is 18.5 Å². The summed E-state index contributed by atoms with van der Waals surface area (Å²) in [7, 11) is 0. The topological polar surface area (TPSA) is 163 Å². The number of ether oxygens (including phenoxy) is 1. The molecule has 0 aliphatic rings. The number of phenolic OH excluding ortho intramolecular Hbond substituents is 1. The maximum Gasteiger partial charge on any atom is 0.404 e. The molecule has 10 heteroatoms. The third-order valence-corrected chi connectivity index (χ3v) is 5.13. The molecule has 0 bridgehead atoms. The predicted octanol–water partition coefficient (Wildman–Crippen LogP) is 2.85. The van der Waals surface area contributed by atoms with Crippen molar-refractivity contribution in [2.75, 3.05) is 12.3 Å². The molecule has 10 nitrogen and oxygen atoms in total. The molecule has 3 heterocycles. The van der Waals surface area contributed by atoms with Crippen LogP contribution < -0.4 is 21.2 Å². The molecule has 164 valence electrons. The first-order valence-corrected chi connectivity index (χ1v) is 9.87. The largest absolute Gasteiger partial charge is 0.504 e. The van der Waals surface area contributed by atoms with Gasteiger partial charge in [0.15, 0.2) is 5.75 Å². The highest BCUT2D eigenvalue weighted by Gasteiger charge is 2.13. The van der Waals surface area contributed by atoms with Crippen LogP contribution in [0.5, 0.6) is 11.5 Å². The van der Waals surface area contributed by atoms with Gasteiger partial charge in [-0.25, -0.2) is 4.79 Å². The second-order valence-corrected chi connectivity index (χ2v) is 7.29. The highest BCUT2D eigenvalue weighted by molar-refractivity contribution is 6.10. The van der Waals surface area contributed by atoms with Gasteiger partial charge in [0, 0.05) is 40.5 Å². The fraction of sp³-hybridized carbons (Fsp3) is 0.182. The van der Waals surface area contributed by atoms with Gasteiger partial charge in [0.2, 0.25) is 5.43 Å². The van der Waals surface area contributed by atoms with Crippen LogP contribution in [0.4, 0.5) is 10.6 Å². The Morgan fingerprint density at radius 2 is 2.00 bits per heavy atom. The van der Waals surface area contributed by atoms with Crippen LogP contribution in [0.3, 0.4) is 0 Å². The minimum Gasteiger partial charge on any atom is -0.504 e. The van der Waals surface area contributed by atoms with Crippen molar-refractivity contribution in [2.45, 2.75) is 19.4 Å². The Bertz CT molecular complexity index is 1380. The lowest BCUT2D eigenvalue weighted by atomic mass is 10.0. The molecule has 0 unspecified atom stereocenters. The van der Waals surface area contributed by atoms with Gasteiger partial charge < -0.3 is 31.0 Å². The van der Waals surface area contributed by atoms with Crippen LogP contribution in [0.2, 0.25) is 0 Å². The van der Waals surface area contributed by atoms with Crippen molar-refractivity contribution in [3.8, 4) is 22.8 Å². The molecule has 0 aliphatic carbocycles. The van der Waals surface area contributed by atoms with Crippen molar-refractivity contribution in [2.24, 2.45) is 0 Å². The summed E-state index contributed by atoms with van der Waals surface area (Å²) in [6.45, 7) is 2.02. The number of hydrogen-bond acceptors (Lipinski definition) is 7. The molecule has 1 aromatic carbocycles. The van der Waals surface area contributed by atoms with Gasteiger partial charge in [-0.15, -0.1) is 0 Å². The Balaban J connectivity index is 1.73. The number of anilines is 1. The number of carbonyl (C=O) groups is 1. The number of aromatic hydroxyl groups is 1. The minimum absolute atomic E-state index is 0.157. The molecular formula is C22H21N5O5. The number of fused-ring (bicyclic) bond motifs is 3. The van der Waals surface area contributed by atoms with E-state index in [2.05, 4.69) is 20.3 Å². The summed E-state index contributed by atoms with van der Waals surface area (Å²) in [5.41, 5.74) is 7.49. The van der Waals surface area contributed by atoms with Crippen molar-refractivity contribution in [3.63, 3.8) is 0 Å². The van der Waals surface area contributed by atoms with Crippen molar-refractivity contribution in [3.05, 3.63) is 53.1 Å². The summed E-state index contributed by atoms with van der Waals surface area (Å²) in [4.78, 5) is 34.2. The number of aromatic nitrogens is 3. The standard InChI is InChI=1S/C22H21N5O5/c1-2-12(26-22(30)31)10-32-13-3-11(7-24-8-13)17-4-14-15-5-19(28)20(29)6-18(15)25-9-16(14)21(23)27-17/h3-9,12,26-28H,2,10,23H2,1H3,(H,30,31)/t12-/m1/s1. The number of H-pyrrole nitrogens is 1. The van der Waals surface area contributed by atoms with E-state index in [0.717, 1.165) is 0 Å². The predicted molar refractivity (Wildman–Crippen MR) is 120 cm³/mol. The third kappa shape index (κ3) is 4.10. The van der Waals surface area contributed by atoms with Gasteiger partial charge in [-0.05, 0) is 30.0 Å². The van der Waals surface area contributed by atoms with Gasteiger partial charge in [0.1, 0.15) is 18.2 Å². The molecule has 6 N–H and O–H groups in total. The normalized spacial score (nSPS) is 12.0. The maximum absolute atomic E-state index is 11.8. The SMILES string of the molecule is CC[C@H](COc1cncc(-c2cc3c(cnc4cc(=O)c(O)cc43)c(N)[nH]2)c1)NC(=O)O. The molecule has 0 fully saturated rings. The molecule has 0 radical (unpaired) electrons. The van der Waals surface area contributed by atoms with E-state index in [1.807, 2.05) is 13.0 Å². The zero-order chi connectivity index (χ0) is 22.8. The van der Waals surface area contributed by atoms with Crippen molar-refractivity contribution < 1.29 is 19.7 Å². The summed E-state index contributed by atoms with van der Waals surface area (Å²) in [5.74, 6) is 0.464. The number of nitrogens with two attached hydrogens (primary N) is 1. The summed E-state index contributed by atoms with van der Waals surface area (Å²) < 4.78 is 5.73. The van der Waals surface area contributed by atoms with Gasteiger partial charge in [0.05, 0.1) is 17.8 Å². The van der Waals surface area contributed by atoms with Crippen LogP contribution in [-0.4, -0.2) is 43.9 Å². The van der Waals surface area contributed by atoms with Gasteiger partial charge in [-0.3, -0.25) is 14.8 Å². The van der Waals surface area contributed by atoms with E-state index >= 15 is 0 Å². The first kappa shape index (κ1) is 20.9. The molecular weight excluding hydrogens is 414 g/mol. The molecule has 0 spiro atoms. The molecule has 32 heavy (non-hydrogen) atoms. The van der Waals surface area contributed by atoms with Crippen molar-refractivity contribution in [1.82, 2.24) is 20.3 Å². The lowest BCUT2D eigenvalue weighted by molar-refractivity contribution is 0.180. The Morgan fingerprint density at radius 3 is 2.75 bits per heavy atom. The van der Waals surface area contributed by atoms with E-state index in [1.165, 1.54) is 18.3 Å². The van der Waals surface area contributed by atoms with Crippen LogP contribution in [0.1, 0.15) is 13.3 Å². The molecule has 1 amide bonds. The zero-order valence-electron chi connectivity index (χ0n) is 17.1. The summed E-state index contributed by atoms with van der Waals surface area (Å²) in [5, 5.41) is 23.1. The van der Waals surface area contributed by atoms with Crippen LogP contribution >= 0.6 is 0 Å². The maximum atomic E-state index is 11.8. The number of benzene rings is 1. The van der Waals surface area contributed by atoms with Crippen LogP contribution in [-0.2, 0) is 0 Å². The number of nitrogens with one attached hydrogen (secondary N) is 2. The van der Waals surface area contributed by atoms with Crippen LogP contribution in [0.25, 0.3) is 32.9 Å². The minimum atomic E-state index is -1.11. The van der Waals surface area contributed by atoms with Crippen LogP contribution in [0.15, 0.2) is 47.7 Å². The molecule has 4 rings (SSSR count). The zero-order valence-corrected chi connectivity index (χ0v) is 17.1. The molecule has 3 aromatic heterocycles. The number of nitrogens with zero attached hydrogens (tertiary/aromatic N) is 2.